The van der Waals surface area contributed by atoms with Crippen LogP contribution < -0.4 is 13.8 Å². The fourth-order valence-electron chi connectivity index (χ4n) is 2.64. The van der Waals surface area contributed by atoms with E-state index in [2.05, 4.69) is 9.46 Å². The monoisotopic (exact) mass is 434 g/mol. The number of esters is 1. The molecule has 0 spiro atoms. The van der Waals surface area contributed by atoms with Crippen molar-refractivity contribution in [2.45, 2.75) is 25.7 Å². The maximum Gasteiger partial charge on any atom is 0.321 e. The molecule has 1 saturated heterocycles. The van der Waals surface area contributed by atoms with Gasteiger partial charge in [0.1, 0.15) is 17.2 Å². The lowest BCUT2D eigenvalue weighted by atomic mass is 10.2. The minimum absolute atomic E-state index is 0.0419. The Morgan fingerprint density at radius 1 is 1.29 bits per heavy atom. The minimum Gasteiger partial charge on any atom is -0.492 e. The summed E-state index contributed by atoms with van der Waals surface area (Å²) < 4.78 is 62.6. The molecular formula is C16H22N2O8S2. The first kappa shape index (κ1) is 22.1. The van der Waals surface area contributed by atoms with Crippen molar-refractivity contribution in [3.05, 3.63) is 18.2 Å². The van der Waals surface area contributed by atoms with E-state index in [-0.39, 0.29) is 30.4 Å². The van der Waals surface area contributed by atoms with Crippen LogP contribution in [0.1, 0.15) is 20.8 Å². The fourth-order valence-corrected chi connectivity index (χ4v) is 5.58. The van der Waals surface area contributed by atoms with E-state index in [0.29, 0.717) is 4.31 Å². The van der Waals surface area contributed by atoms with Crippen LogP contribution in [0.25, 0.3) is 0 Å². The SMILES string of the molecule is CCOC(=O)CNS(=O)(=O)c1cc(N2C(=O)C(C)CS2(=O)=O)ccc1OCC. The van der Waals surface area contributed by atoms with Gasteiger partial charge in [0.25, 0.3) is 0 Å². The van der Waals surface area contributed by atoms with Crippen LogP contribution in [-0.2, 0) is 34.4 Å². The zero-order chi connectivity index (χ0) is 21.1. The number of benzene rings is 1. The molecule has 1 amide bonds. The van der Waals surface area contributed by atoms with Gasteiger partial charge in [0, 0.05) is 0 Å². The van der Waals surface area contributed by atoms with Crippen molar-refractivity contribution in [3.8, 4) is 5.75 Å². The zero-order valence-corrected chi connectivity index (χ0v) is 17.3. The van der Waals surface area contributed by atoms with E-state index in [0.717, 1.165) is 6.07 Å². The molecule has 156 valence electrons. The molecule has 0 aliphatic carbocycles. The van der Waals surface area contributed by atoms with E-state index in [1.807, 2.05) is 0 Å². The van der Waals surface area contributed by atoms with Gasteiger partial charge in [-0.3, -0.25) is 9.59 Å². The van der Waals surface area contributed by atoms with Gasteiger partial charge in [0.15, 0.2) is 0 Å². The van der Waals surface area contributed by atoms with Crippen LogP contribution in [0.5, 0.6) is 5.75 Å². The number of ether oxygens (including phenoxy) is 2. The summed E-state index contributed by atoms with van der Waals surface area (Å²) in [6.45, 7) is 4.34. The topological polar surface area (TPSA) is 136 Å². The third kappa shape index (κ3) is 4.62. The van der Waals surface area contributed by atoms with Gasteiger partial charge in [-0.05, 0) is 32.0 Å². The second-order valence-electron chi connectivity index (χ2n) is 5.98. The van der Waals surface area contributed by atoms with Gasteiger partial charge in [0.2, 0.25) is 26.0 Å². The Morgan fingerprint density at radius 2 is 1.96 bits per heavy atom. The molecule has 0 bridgehead atoms. The lowest BCUT2D eigenvalue weighted by Gasteiger charge is -2.18. The van der Waals surface area contributed by atoms with Crippen molar-refractivity contribution in [1.82, 2.24) is 4.72 Å². The van der Waals surface area contributed by atoms with Crippen LogP contribution in [0.2, 0.25) is 0 Å². The molecule has 1 fully saturated rings. The summed E-state index contributed by atoms with van der Waals surface area (Å²) in [5.41, 5.74) is -0.116. The second kappa shape index (κ2) is 8.45. The highest BCUT2D eigenvalue weighted by atomic mass is 32.2. The summed E-state index contributed by atoms with van der Waals surface area (Å²) in [6.07, 6.45) is 0. The largest absolute Gasteiger partial charge is 0.492 e. The van der Waals surface area contributed by atoms with Crippen molar-refractivity contribution in [3.63, 3.8) is 0 Å². The van der Waals surface area contributed by atoms with Crippen molar-refractivity contribution in [2.24, 2.45) is 5.92 Å². The third-order valence-corrected chi connectivity index (χ3v) is 7.11. The Kier molecular flexibility index (Phi) is 6.67. The second-order valence-corrected chi connectivity index (χ2v) is 9.57. The Bertz CT molecular complexity index is 972. The predicted octanol–water partition coefficient (Wildman–Crippen LogP) is 0.239. The summed E-state index contributed by atoms with van der Waals surface area (Å²) in [5.74, 6) is -2.56. The first-order valence-electron chi connectivity index (χ1n) is 8.52. The van der Waals surface area contributed by atoms with Gasteiger partial charge < -0.3 is 9.47 Å². The predicted molar refractivity (Wildman–Crippen MR) is 99.9 cm³/mol. The molecule has 28 heavy (non-hydrogen) atoms. The molecule has 2 rings (SSSR count). The van der Waals surface area contributed by atoms with Gasteiger partial charge in [-0.1, -0.05) is 6.92 Å². The summed E-state index contributed by atoms with van der Waals surface area (Å²) in [4.78, 5) is 23.3. The van der Waals surface area contributed by atoms with E-state index in [1.54, 1.807) is 13.8 Å². The molecule has 1 N–H and O–H groups in total. The lowest BCUT2D eigenvalue weighted by Crippen LogP contribution is -2.32. The molecule has 10 nitrogen and oxygen atoms in total. The number of nitrogens with zero attached hydrogens (tertiary/aromatic N) is 1. The van der Waals surface area contributed by atoms with Gasteiger partial charge in [-0.25, -0.2) is 21.1 Å². The van der Waals surface area contributed by atoms with E-state index < -0.39 is 49.3 Å². The maximum absolute atomic E-state index is 12.7. The Hall–Kier alpha value is -2.18. The molecule has 0 saturated carbocycles. The number of rotatable bonds is 8. The Balaban J connectivity index is 2.46. The Morgan fingerprint density at radius 3 is 2.50 bits per heavy atom. The maximum atomic E-state index is 12.7. The molecule has 1 aliphatic heterocycles. The van der Waals surface area contributed by atoms with Crippen LogP contribution in [-0.4, -0.2) is 54.2 Å². The molecule has 1 aromatic rings. The average Bonchev–Trinajstić information content (AvgIpc) is 2.81. The lowest BCUT2D eigenvalue weighted by molar-refractivity contribution is -0.141. The number of sulfonamides is 2. The molecule has 1 unspecified atom stereocenters. The quantitative estimate of drug-likeness (QED) is 0.575. The third-order valence-electron chi connectivity index (χ3n) is 3.82. The summed E-state index contributed by atoms with van der Waals surface area (Å²) in [7, 11) is -8.16. The van der Waals surface area contributed by atoms with Crippen molar-refractivity contribution < 1.29 is 35.9 Å². The normalized spacial score (nSPS) is 18.9. The van der Waals surface area contributed by atoms with E-state index in [4.69, 9.17) is 4.74 Å². The summed E-state index contributed by atoms with van der Waals surface area (Å²) in [5, 5.41) is 0. The minimum atomic E-state index is -4.26. The number of amides is 1. The molecule has 1 atom stereocenters. The summed E-state index contributed by atoms with van der Waals surface area (Å²) in [6, 6.07) is 3.60. The van der Waals surface area contributed by atoms with Crippen LogP contribution in [0.4, 0.5) is 5.69 Å². The number of carbonyl (C=O) groups excluding carboxylic acids is 2. The number of carbonyl (C=O) groups is 2. The zero-order valence-electron chi connectivity index (χ0n) is 15.7. The van der Waals surface area contributed by atoms with Crippen molar-refractivity contribution >= 4 is 37.6 Å². The standard InChI is InChI=1S/C16H22N2O8S2/c1-4-25-13-7-6-12(18-16(20)11(3)10-27(18,21)22)8-14(13)28(23,24)17-9-15(19)26-5-2/h6-8,11,17H,4-5,9-10H2,1-3H3. The average molecular weight is 434 g/mol. The fraction of sp³-hybridized carbons (Fsp3) is 0.500. The smallest absolute Gasteiger partial charge is 0.321 e. The van der Waals surface area contributed by atoms with E-state index in [1.165, 1.54) is 19.1 Å². The van der Waals surface area contributed by atoms with Crippen molar-refractivity contribution in [2.75, 3.05) is 29.8 Å². The van der Waals surface area contributed by atoms with Crippen molar-refractivity contribution in [1.29, 1.82) is 0 Å². The highest BCUT2D eigenvalue weighted by Crippen LogP contribution is 2.34. The number of nitrogens with one attached hydrogen (secondary N) is 1. The van der Waals surface area contributed by atoms with E-state index in [9.17, 15) is 26.4 Å². The first-order valence-corrected chi connectivity index (χ1v) is 11.6. The summed E-state index contributed by atoms with van der Waals surface area (Å²) >= 11 is 0. The van der Waals surface area contributed by atoms with Crippen LogP contribution >= 0.6 is 0 Å². The van der Waals surface area contributed by atoms with Gasteiger partial charge in [0.05, 0.1) is 30.6 Å². The molecule has 0 aromatic heterocycles. The number of anilines is 1. The molecule has 12 heteroatoms. The highest BCUT2D eigenvalue weighted by molar-refractivity contribution is 7.94. The van der Waals surface area contributed by atoms with Crippen LogP contribution in [0, 0.1) is 5.92 Å². The Labute approximate surface area is 163 Å². The number of hydrogen-bond donors (Lipinski definition) is 1. The van der Waals surface area contributed by atoms with Gasteiger partial charge in [-0.2, -0.15) is 4.72 Å². The van der Waals surface area contributed by atoms with E-state index >= 15 is 0 Å². The van der Waals surface area contributed by atoms with Gasteiger partial charge >= 0.3 is 5.97 Å². The van der Waals surface area contributed by atoms with Crippen LogP contribution in [0.15, 0.2) is 23.1 Å². The molecule has 1 aliphatic rings. The van der Waals surface area contributed by atoms with Crippen LogP contribution in [0.3, 0.4) is 0 Å². The first-order chi connectivity index (χ1) is 13.0. The highest BCUT2D eigenvalue weighted by Gasteiger charge is 2.42. The molecule has 1 aromatic carbocycles. The molecular weight excluding hydrogens is 412 g/mol. The molecule has 0 radical (unpaired) electrons. The van der Waals surface area contributed by atoms with Gasteiger partial charge in [-0.15, -0.1) is 0 Å². The number of hydrogen-bond acceptors (Lipinski definition) is 8. The molecule has 1 heterocycles.